The molecular weight excluding hydrogens is 421 g/mol. The first-order chi connectivity index (χ1) is 14.9. The third kappa shape index (κ3) is 4.68. The lowest BCUT2D eigenvalue weighted by Gasteiger charge is -2.30. The van der Waals surface area contributed by atoms with Crippen molar-refractivity contribution in [2.45, 2.75) is 25.4 Å². The number of aromatic nitrogens is 2. The van der Waals surface area contributed by atoms with E-state index >= 15 is 0 Å². The molecule has 1 aromatic heterocycles. The quantitative estimate of drug-likeness (QED) is 0.612. The Labute approximate surface area is 183 Å². The van der Waals surface area contributed by atoms with Crippen LogP contribution in [-0.4, -0.2) is 33.4 Å². The molecule has 31 heavy (non-hydrogen) atoms. The maximum Gasteiger partial charge on any atom is 0.284 e. The molecule has 0 spiro atoms. The van der Waals surface area contributed by atoms with Gasteiger partial charge in [0.2, 0.25) is 0 Å². The highest BCUT2D eigenvalue weighted by molar-refractivity contribution is 6.30. The lowest BCUT2D eigenvalue weighted by Crippen LogP contribution is -2.41. The predicted molar refractivity (Wildman–Crippen MR) is 116 cm³/mol. The van der Waals surface area contributed by atoms with E-state index in [4.69, 9.17) is 11.6 Å². The van der Waals surface area contributed by atoms with Gasteiger partial charge in [-0.2, -0.15) is 9.78 Å². The van der Waals surface area contributed by atoms with Crippen LogP contribution in [0.3, 0.4) is 0 Å². The maximum absolute atomic E-state index is 13.8. The lowest BCUT2D eigenvalue weighted by molar-refractivity contribution is 0.0583. The van der Waals surface area contributed by atoms with Crippen LogP contribution in [0.1, 0.15) is 29.6 Å². The fourth-order valence-corrected chi connectivity index (χ4v) is 3.61. The second-order valence-electron chi connectivity index (χ2n) is 7.62. The van der Waals surface area contributed by atoms with Crippen LogP contribution in [0, 0.1) is 11.7 Å². The number of halogens is 2. The van der Waals surface area contributed by atoms with Gasteiger partial charge in [-0.05, 0) is 55.2 Å². The smallest absolute Gasteiger partial charge is 0.284 e. The van der Waals surface area contributed by atoms with Gasteiger partial charge in [0.05, 0.1) is 17.5 Å². The van der Waals surface area contributed by atoms with Crippen molar-refractivity contribution in [2.24, 2.45) is 5.92 Å². The zero-order valence-electron chi connectivity index (χ0n) is 16.6. The number of benzene rings is 2. The maximum atomic E-state index is 13.8. The van der Waals surface area contributed by atoms with Gasteiger partial charge in [0.25, 0.3) is 11.5 Å². The minimum Gasteiger partial charge on any atom is -0.391 e. The average Bonchev–Trinajstić information content (AvgIpc) is 2.71. The van der Waals surface area contributed by atoms with E-state index in [1.54, 1.807) is 24.3 Å². The molecule has 4 rings (SSSR count). The number of aliphatic hydroxyl groups is 1. The van der Waals surface area contributed by atoms with Crippen LogP contribution >= 0.6 is 11.6 Å². The second-order valence-corrected chi connectivity index (χ2v) is 8.05. The molecule has 2 aromatic carbocycles. The highest BCUT2D eigenvalue weighted by Crippen LogP contribution is 2.29. The highest BCUT2D eigenvalue weighted by atomic mass is 35.5. The molecule has 1 heterocycles. The Hall–Kier alpha value is -3.03. The van der Waals surface area contributed by atoms with Gasteiger partial charge < -0.3 is 10.4 Å². The minimum atomic E-state index is -0.682. The van der Waals surface area contributed by atoms with E-state index in [2.05, 4.69) is 10.4 Å². The summed E-state index contributed by atoms with van der Waals surface area (Å²) < 4.78 is 14.8. The van der Waals surface area contributed by atoms with E-state index in [1.165, 1.54) is 30.3 Å². The molecule has 3 aromatic rings. The molecule has 0 bridgehead atoms. The summed E-state index contributed by atoms with van der Waals surface area (Å²) in [6.07, 6.45) is 2.28. The first-order valence-electron chi connectivity index (χ1n) is 10.0. The summed E-state index contributed by atoms with van der Waals surface area (Å²) in [5.41, 5.74) is 0.358. The predicted octanol–water partition coefficient (Wildman–Crippen LogP) is 3.58. The van der Waals surface area contributed by atoms with Crippen molar-refractivity contribution in [3.63, 3.8) is 0 Å². The van der Waals surface area contributed by atoms with Crippen LogP contribution in [0.4, 0.5) is 4.39 Å². The van der Waals surface area contributed by atoms with Crippen LogP contribution < -0.4 is 10.9 Å². The molecule has 8 heteroatoms. The molecule has 2 N–H and O–H groups in total. The summed E-state index contributed by atoms with van der Waals surface area (Å²) in [5, 5.41) is 17.7. The van der Waals surface area contributed by atoms with Crippen molar-refractivity contribution >= 4 is 17.5 Å². The van der Waals surface area contributed by atoms with E-state index in [0.29, 0.717) is 16.3 Å². The van der Waals surface area contributed by atoms with Crippen molar-refractivity contribution in [3.8, 4) is 16.9 Å². The summed E-state index contributed by atoms with van der Waals surface area (Å²) in [4.78, 5) is 25.9. The van der Waals surface area contributed by atoms with Gasteiger partial charge in [-0.3, -0.25) is 9.59 Å². The van der Waals surface area contributed by atoms with Crippen molar-refractivity contribution in [1.29, 1.82) is 0 Å². The Morgan fingerprint density at radius 3 is 2.61 bits per heavy atom. The number of carbonyl (C=O) groups excluding carboxylic acids is 1. The van der Waals surface area contributed by atoms with Gasteiger partial charge in [0.15, 0.2) is 0 Å². The number of aliphatic hydroxyl groups excluding tert-OH is 1. The molecule has 0 saturated heterocycles. The van der Waals surface area contributed by atoms with Crippen molar-refractivity contribution in [2.75, 3.05) is 6.54 Å². The van der Waals surface area contributed by atoms with Gasteiger partial charge in [0.1, 0.15) is 11.4 Å². The lowest BCUT2D eigenvalue weighted by atomic mass is 9.81. The van der Waals surface area contributed by atoms with Crippen molar-refractivity contribution < 1.29 is 14.3 Å². The molecule has 1 amide bonds. The Kier molecular flexibility index (Phi) is 6.15. The van der Waals surface area contributed by atoms with Gasteiger partial charge in [-0.25, -0.2) is 4.39 Å². The fourth-order valence-electron chi connectivity index (χ4n) is 3.49. The standard InChI is InChI=1S/C23H21ClFN3O3/c24-16-9-7-14(8-10-16)20-12-19(22(30)26-13-21(29)15-3-1-4-15)23(31)28(27-20)18-6-2-5-17(25)11-18/h2,5-12,15,21,29H,1,3-4,13H2,(H,26,30)/t21-/m0/s1. The van der Waals surface area contributed by atoms with E-state index in [1.807, 2.05) is 0 Å². The normalized spacial score (nSPS) is 14.7. The molecule has 1 saturated carbocycles. The zero-order chi connectivity index (χ0) is 22.0. The summed E-state index contributed by atoms with van der Waals surface area (Å²) >= 11 is 5.96. The molecule has 6 nitrogen and oxygen atoms in total. The highest BCUT2D eigenvalue weighted by Gasteiger charge is 2.26. The number of nitrogens with one attached hydrogen (secondary N) is 1. The summed E-state index contributed by atoms with van der Waals surface area (Å²) in [7, 11) is 0. The van der Waals surface area contributed by atoms with E-state index in [0.717, 1.165) is 23.9 Å². The molecule has 0 aliphatic heterocycles. The Morgan fingerprint density at radius 2 is 1.97 bits per heavy atom. The summed E-state index contributed by atoms with van der Waals surface area (Å²) in [6.45, 7) is 0.0570. The third-order valence-electron chi connectivity index (χ3n) is 5.51. The fraction of sp³-hybridized carbons (Fsp3) is 0.261. The second kappa shape index (κ2) is 8.99. The largest absolute Gasteiger partial charge is 0.391 e. The molecule has 0 unspecified atom stereocenters. The van der Waals surface area contributed by atoms with Gasteiger partial charge in [-0.1, -0.05) is 36.2 Å². The molecule has 1 aliphatic rings. The molecule has 1 atom stereocenters. The van der Waals surface area contributed by atoms with Gasteiger partial charge in [-0.15, -0.1) is 0 Å². The van der Waals surface area contributed by atoms with Gasteiger partial charge in [0, 0.05) is 17.1 Å². The number of carbonyl (C=O) groups is 1. The van der Waals surface area contributed by atoms with Crippen LogP contribution in [0.25, 0.3) is 16.9 Å². The van der Waals surface area contributed by atoms with Crippen molar-refractivity contribution in [3.05, 3.63) is 81.4 Å². The van der Waals surface area contributed by atoms with Crippen LogP contribution in [0.5, 0.6) is 0 Å². The molecular formula is C23H21ClFN3O3. The Bertz CT molecular complexity index is 1160. The molecule has 1 aliphatic carbocycles. The zero-order valence-corrected chi connectivity index (χ0v) is 17.3. The SMILES string of the molecule is O=C(NC[C@H](O)C1CCC1)c1cc(-c2ccc(Cl)cc2)nn(-c2cccc(F)c2)c1=O. The minimum absolute atomic E-state index is 0.0570. The summed E-state index contributed by atoms with van der Waals surface area (Å²) in [5.74, 6) is -0.977. The Morgan fingerprint density at radius 1 is 1.23 bits per heavy atom. The van der Waals surface area contributed by atoms with E-state index < -0.39 is 23.4 Å². The van der Waals surface area contributed by atoms with Crippen LogP contribution in [-0.2, 0) is 0 Å². The first kappa shape index (κ1) is 21.2. The van der Waals surface area contributed by atoms with Gasteiger partial charge >= 0.3 is 0 Å². The van der Waals surface area contributed by atoms with Crippen molar-refractivity contribution in [1.82, 2.24) is 15.1 Å². The Balaban J connectivity index is 1.73. The topological polar surface area (TPSA) is 84.2 Å². The number of nitrogens with zero attached hydrogens (tertiary/aromatic N) is 2. The first-order valence-corrected chi connectivity index (χ1v) is 10.4. The number of rotatable bonds is 6. The number of hydrogen-bond donors (Lipinski definition) is 2. The van der Waals surface area contributed by atoms with E-state index in [9.17, 15) is 19.1 Å². The summed E-state index contributed by atoms with van der Waals surface area (Å²) in [6, 6.07) is 13.6. The van der Waals surface area contributed by atoms with E-state index in [-0.39, 0.29) is 23.7 Å². The molecule has 1 fully saturated rings. The average molecular weight is 442 g/mol. The molecule has 160 valence electrons. The van der Waals surface area contributed by atoms with Crippen LogP contribution in [0.15, 0.2) is 59.4 Å². The number of amides is 1. The third-order valence-corrected chi connectivity index (χ3v) is 5.77. The molecule has 0 radical (unpaired) electrons. The monoisotopic (exact) mass is 441 g/mol. The number of hydrogen-bond acceptors (Lipinski definition) is 4. The van der Waals surface area contributed by atoms with Crippen LogP contribution in [0.2, 0.25) is 5.02 Å².